The third-order valence-corrected chi connectivity index (χ3v) is 3.03. The Hall–Kier alpha value is -2.25. The number of rotatable bonds is 5. The van der Waals surface area contributed by atoms with Crippen molar-refractivity contribution in [1.82, 2.24) is 9.55 Å². The third kappa shape index (κ3) is 4.61. The zero-order chi connectivity index (χ0) is 17.0. The molecule has 0 aliphatic heterocycles. The Labute approximate surface area is 132 Å². The first kappa shape index (κ1) is 17.1. The summed E-state index contributed by atoms with van der Waals surface area (Å²) in [7, 11) is 5.59. The Morgan fingerprint density at radius 2 is 1.96 bits per heavy atom. The minimum atomic E-state index is -4.56. The van der Waals surface area contributed by atoms with E-state index in [0.717, 1.165) is 11.8 Å². The van der Waals surface area contributed by atoms with Gasteiger partial charge in [0.05, 0.1) is 14.0 Å². The van der Waals surface area contributed by atoms with Crippen molar-refractivity contribution in [3.05, 3.63) is 58.3 Å². The Bertz CT molecular complexity index is 715. The number of alkyl halides is 3. The molecule has 8 heteroatoms. The van der Waals surface area contributed by atoms with Gasteiger partial charge < -0.3 is 4.74 Å². The van der Waals surface area contributed by atoms with Crippen LogP contribution in [0, 0.1) is 0 Å². The molecule has 2 rings (SSSR count). The van der Waals surface area contributed by atoms with Crippen LogP contribution in [0.5, 0.6) is 5.75 Å². The van der Waals surface area contributed by atoms with E-state index in [0.29, 0.717) is 4.57 Å². The van der Waals surface area contributed by atoms with Gasteiger partial charge in [-0.2, -0.15) is 13.2 Å². The SMILES string of the molecule is [B]C(C)c1ncc(OCc2ccccc2)c(=O)n1CC(F)(F)F. The monoisotopic (exact) mass is 322 g/mol. The summed E-state index contributed by atoms with van der Waals surface area (Å²) in [6.07, 6.45) is -3.45. The predicted molar refractivity (Wildman–Crippen MR) is 79.5 cm³/mol. The predicted octanol–water partition coefficient (Wildman–Crippen LogP) is 2.61. The van der Waals surface area contributed by atoms with Crippen molar-refractivity contribution in [1.29, 1.82) is 0 Å². The van der Waals surface area contributed by atoms with Gasteiger partial charge in [0.2, 0.25) is 5.75 Å². The minimum absolute atomic E-state index is 0.0568. The first-order valence-corrected chi connectivity index (χ1v) is 6.86. The van der Waals surface area contributed by atoms with Crippen molar-refractivity contribution in [3.63, 3.8) is 0 Å². The maximum absolute atomic E-state index is 12.7. The molecule has 0 saturated heterocycles. The van der Waals surface area contributed by atoms with E-state index in [1.54, 1.807) is 24.3 Å². The second-order valence-corrected chi connectivity index (χ2v) is 5.05. The second-order valence-electron chi connectivity index (χ2n) is 5.05. The van der Waals surface area contributed by atoms with Gasteiger partial charge in [-0.1, -0.05) is 37.3 Å². The van der Waals surface area contributed by atoms with Crippen molar-refractivity contribution in [2.75, 3.05) is 0 Å². The minimum Gasteiger partial charge on any atom is -0.482 e. The molecule has 0 amide bonds. The molecule has 0 spiro atoms. The normalized spacial score (nSPS) is 12.9. The first-order valence-electron chi connectivity index (χ1n) is 6.86. The number of hydrogen-bond donors (Lipinski definition) is 0. The number of aromatic nitrogens is 2. The first-order chi connectivity index (χ1) is 10.8. The molecular formula is C15H14BF3N2O2. The van der Waals surface area contributed by atoms with Crippen LogP contribution in [-0.2, 0) is 13.2 Å². The van der Waals surface area contributed by atoms with Crippen LogP contribution in [0.1, 0.15) is 24.1 Å². The summed E-state index contributed by atoms with van der Waals surface area (Å²) in [4.78, 5) is 16.1. The Morgan fingerprint density at radius 1 is 1.30 bits per heavy atom. The maximum atomic E-state index is 12.7. The summed E-state index contributed by atoms with van der Waals surface area (Å²) in [5, 5.41) is 0. The Kier molecular flexibility index (Phi) is 5.13. The maximum Gasteiger partial charge on any atom is 0.406 e. The average Bonchev–Trinajstić information content (AvgIpc) is 2.47. The largest absolute Gasteiger partial charge is 0.482 e. The highest BCUT2D eigenvalue weighted by Crippen LogP contribution is 2.20. The van der Waals surface area contributed by atoms with Crippen LogP contribution in [0.15, 0.2) is 41.3 Å². The van der Waals surface area contributed by atoms with Gasteiger partial charge in [-0.15, -0.1) is 0 Å². The van der Waals surface area contributed by atoms with Gasteiger partial charge in [-0.25, -0.2) is 4.98 Å². The number of hydrogen-bond acceptors (Lipinski definition) is 3. The lowest BCUT2D eigenvalue weighted by atomic mass is 9.88. The fraction of sp³-hybridized carbons (Fsp3) is 0.333. The highest BCUT2D eigenvalue weighted by molar-refractivity contribution is 6.11. The van der Waals surface area contributed by atoms with E-state index in [-0.39, 0.29) is 18.2 Å². The highest BCUT2D eigenvalue weighted by atomic mass is 19.4. The number of halogens is 3. The van der Waals surface area contributed by atoms with E-state index in [1.807, 2.05) is 6.07 Å². The number of benzene rings is 1. The molecule has 0 bridgehead atoms. The summed E-state index contributed by atoms with van der Waals surface area (Å²) >= 11 is 0. The fourth-order valence-corrected chi connectivity index (χ4v) is 2.02. The van der Waals surface area contributed by atoms with E-state index in [9.17, 15) is 18.0 Å². The van der Waals surface area contributed by atoms with Gasteiger partial charge in [-0.05, 0) is 11.4 Å². The van der Waals surface area contributed by atoms with Gasteiger partial charge in [0.25, 0.3) is 5.56 Å². The van der Waals surface area contributed by atoms with E-state index >= 15 is 0 Å². The summed E-state index contributed by atoms with van der Waals surface area (Å²) in [6, 6.07) is 8.95. The second kappa shape index (κ2) is 6.89. The van der Waals surface area contributed by atoms with Crippen molar-refractivity contribution >= 4 is 7.85 Å². The van der Waals surface area contributed by atoms with Gasteiger partial charge in [-0.3, -0.25) is 9.36 Å². The van der Waals surface area contributed by atoms with Crippen LogP contribution >= 0.6 is 0 Å². The van der Waals surface area contributed by atoms with Gasteiger partial charge in [0.15, 0.2) is 0 Å². The fourth-order valence-electron chi connectivity index (χ4n) is 2.02. The molecule has 0 aliphatic rings. The molecule has 4 nitrogen and oxygen atoms in total. The molecule has 1 aromatic carbocycles. The zero-order valence-corrected chi connectivity index (χ0v) is 12.4. The Morgan fingerprint density at radius 3 is 2.52 bits per heavy atom. The molecule has 1 atom stereocenters. The molecule has 2 radical (unpaired) electrons. The van der Waals surface area contributed by atoms with Crippen molar-refractivity contribution in [3.8, 4) is 5.75 Å². The Balaban J connectivity index is 2.31. The lowest BCUT2D eigenvalue weighted by Gasteiger charge is -2.17. The van der Waals surface area contributed by atoms with Gasteiger partial charge in [0.1, 0.15) is 19.0 Å². The van der Waals surface area contributed by atoms with Gasteiger partial charge >= 0.3 is 6.18 Å². The van der Waals surface area contributed by atoms with Crippen molar-refractivity contribution in [2.45, 2.75) is 32.1 Å². The smallest absolute Gasteiger partial charge is 0.406 e. The summed E-state index contributed by atoms with van der Waals surface area (Å²) < 4.78 is 43.8. The van der Waals surface area contributed by atoms with Gasteiger partial charge in [0, 0.05) is 0 Å². The lowest BCUT2D eigenvalue weighted by molar-refractivity contribution is -0.141. The van der Waals surface area contributed by atoms with E-state index in [4.69, 9.17) is 12.6 Å². The molecule has 0 fully saturated rings. The molecule has 1 heterocycles. The molecule has 0 aliphatic carbocycles. The molecule has 23 heavy (non-hydrogen) atoms. The summed E-state index contributed by atoms with van der Waals surface area (Å²) in [5.74, 6) is -1.20. The quantitative estimate of drug-likeness (QED) is 0.795. The lowest BCUT2D eigenvalue weighted by Crippen LogP contribution is -2.33. The van der Waals surface area contributed by atoms with Crippen LogP contribution in [0.25, 0.3) is 0 Å². The summed E-state index contributed by atoms with van der Waals surface area (Å²) in [6.45, 7) is 0.0543. The van der Waals surface area contributed by atoms with Crippen LogP contribution in [0.2, 0.25) is 0 Å². The van der Waals surface area contributed by atoms with Crippen LogP contribution in [0.4, 0.5) is 13.2 Å². The molecule has 0 N–H and O–H groups in total. The third-order valence-electron chi connectivity index (χ3n) is 3.03. The van der Waals surface area contributed by atoms with Crippen LogP contribution in [0.3, 0.4) is 0 Å². The molecule has 0 saturated carbocycles. The number of nitrogens with zero attached hydrogens (tertiary/aromatic N) is 2. The summed E-state index contributed by atoms with van der Waals surface area (Å²) in [5.41, 5.74) is -0.119. The topological polar surface area (TPSA) is 44.1 Å². The van der Waals surface area contributed by atoms with Crippen molar-refractivity contribution in [2.24, 2.45) is 0 Å². The van der Waals surface area contributed by atoms with Crippen LogP contribution < -0.4 is 10.3 Å². The van der Waals surface area contributed by atoms with Crippen molar-refractivity contribution < 1.29 is 17.9 Å². The van der Waals surface area contributed by atoms with Crippen LogP contribution in [-0.4, -0.2) is 23.6 Å². The van der Waals surface area contributed by atoms with E-state index in [2.05, 4.69) is 4.98 Å². The zero-order valence-electron chi connectivity index (χ0n) is 12.4. The van der Waals surface area contributed by atoms with E-state index < -0.39 is 24.1 Å². The molecule has 1 aromatic heterocycles. The molecule has 120 valence electrons. The standard InChI is InChI=1S/C15H14BF3N2O2/c1-10(16)13-20-7-12(14(22)21(13)9-15(17,18)19)23-8-11-5-3-2-4-6-11/h2-7,10H,8-9H2,1H3. The highest BCUT2D eigenvalue weighted by Gasteiger charge is 2.31. The molecule has 2 aromatic rings. The number of ether oxygens (including phenoxy) is 1. The van der Waals surface area contributed by atoms with E-state index in [1.165, 1.54) is 6.92 Å². The molecule has 1 unspecified atom stereocenters. The molecular weight excluding hydrogens is 308 g/mol. The average molecular weight is 322 g/mol.